The number of likely N-dealkylation sites (N-methyl/N-ethyl adjacent to an activating group) is 1. The Labute approximate surface area is 160 Å². The van der Waals surface area contributed by atoms with Crippen LogP contribution in [0.5, 0.6) is 0 Å². The summed E-state index contributed by atoms with van der Waals surface area (Å²) in [5, 5.41) is 0. The summed E-state index contributed by atoms with van der Waals surface area (Å²) in [5.41, 5.74) is 1.29. The standard InChI is InChI=1S/C20H26FN3O2S/c1-23-14-15-24(20(16-23)17-6-3-2-4-7-17)13-5-12-22-27(25,26)19-10-8-18(21)9-11-19/h2-4,6-11,20,22H,5,12-16H2,1H3. The van der Waals surface area contributed by atoms with Gasteiger partial charge in [0.2, 0.25) is 10.0 Å². The summed E-state index contributed by atoms with van der Waals surface area (Å²) in [6.45, 7) is 4.10. The van der Waals surface area contributed by atoms with Gasteiger partial charge in [-0.15, -0.1) is 0 Å². The molecule has 2 aromatic carbocycles. The van der Waals surface area contributed by atoms with E-state index >= 15 is 0 Å². The number of rotatable bonds is 7. The first-order valence-corrected chi connectivity index (χ1v) is 10.7. The molecular formula is C20H26FN3O2S. The molecule has 1 aliphatic heterocycles. The molecule has 7 heteroatoms. The fourth-order valence-corrected chi connectivity index (χ4v) is 4.48. The molecule has 27 heavy (non-hydrogen) atoms. The molecule has 2 aromatic rings. The summed E-state index contributed by atoms with van der Waals surface area (Å²) in [6.07, 6.45) is 0.716. The highest BCUT2D eigenvalue weighted by atomic mass is 32.2. The summed E-state index contributed by atoms with van der Waals surface area (Å²) in [5.74, 6) is -0.448. The molecule has 146 valence electrons. The predicted octanol–water partition coefficient (Wildman–Crippen LogP) is 2.48. The van der Waals surface area contributed by atoms with E-state index in [-0.39, 0.29) is 4.90 Å². The van der Waals surface area contributed by atoms with E-state index in [9.17, 15) is 12.8 Å². The molecule has 5 nitrogen and oxygen atoms in total. The quantitative estimate of drug-likeness (QED) is 0.737. The number of piperazine rings is 1. The summed E-state index contributed by atoms with van der Waals surface area (Å²) in [6, 6.07) is 15.6. The van der Waals surface area contributed by atoms with Gasteiger partial charge >= 0.3 is 0 Å². The van der Waals surface area contributed by atoms with Crippen molar-refractivity contribution in [3.8, 4) is 0 Å². The van der Waals surface area contributed by atoms with Crippen LogP contribution in [-0.2, 0) is 10.0 Å². The van der Waals surface area contributed by atoms with Crippen molar-refractivity contribution in [2.24, 2.45) is 0 Å². The van der Waals surface area contributed by atoms with E-state index in [1.807, 2.05) is 6.07 Å². The lowest BCUT2D eigenvalue weighted by Gasteiger charge is -2.40. The molecule has 0 aliphatic carbocycles. The molecule has 0 amide bonds. The number of hydrogen-bond donors (Lipinski definition) is 1. The smallest absolute Gasteiger partial charge is 0.240 e. The first-order chi connectivity index (χ1) is 13.0. The average molecular weight is 392 g/mol. The third-order valence-corrected chi connectivity index (χ3v) is 6.39. The SMILES string of the molecule is CN1CCN(CCCNS(=O)(=O)c2ccc(F)cc2)C(c2ccccc2)C1. The second-order valence-electron chi connectivity index (χ2n) is 6.93. The minimum atomic E-state index is -3.60. The first kappa shape index (κ1) is 19.9. The molecule has 1 aliphatic rings. The minimum absolute atomic E-state index is 0.0886. The number of halogens is 1. The van der Waals surface area contributed by atoms with Gasteiger partial charge in [-0.25, -0.2) is 17.5 Å². The van der Waals surface area contributed by atoms with Crippen LogP contribution in [0.3, 0.4) is 0 Å². The van der Waals surface area contributed by atoms with Crippen LogP contribution in [-0.4, -0.2) is 58.0 Å². The highest BCUT2D eigenvalue weighted by Crippen LogP contribution is 2.24. The van der Waals surface area contributed by atoms with Gasteiger partial charge in [0, 0.05) is 38.8 Å². The maximum absolute atomic E-state index is 13.0. The highest BCUT2D eigenvalue weighted by molar-refractivity contribution is 7.89. The van der Waals surface area contributed by atoms with Gasteiger partial charge in [0.15, 0.2) is 0 Å². The molecule has 0 bridgehead atoms. The summed E-state index contributed by atoms with van der Waals surface area (Å²) in [4.78, 5) is 4.83. The fourth-order valence-electron chi connectivity index (χ4n) is 3.40. The van der Waals surface area contributed by atoms with Crippen LogP contribution in [0.25, 0.3) is 0 Å². The van der Waals surface area contributed by atoms with E-state index < -0.39 is 15.8 Å². The zero-order valence-corrected chi connectivity index (χ0v) is 16.3. The molecule has 1 N–H and O–H groups in total. The normalized spacial score (nSPS) is 19.3. The van der Waals surface area contributed by atoms with Gasteiger partial charge in [0.25, 0.3) is 0 Å². The van der Waals surface area contributed by atoms with E-state index in [1.165, 1.54) is 17.7 Å². The van der Waals surface area contributed by atoms with Crippen molar-refractivity contribution in [1.82, 2.24) is 14.5 Å². The molecule has 1 atom stereocenters. The molecule has 3 rings (SSSR count). The first-order valence-electron chi connectivity index (χ1n) is 9.18. The molecular weight excluding hydrogens is 365 g/mol. The lowest BCUT2D eigenvalue weighted by Crippen LogP contribution is -2.47. The zero-order valence-electron chi connectivity index (χ0n) is 15.5. The Hall–Kier alpha value is -1.80. The van der Waals surface area contributed by atoms with Crippen LogP contribution in [0.1, 0.15) is 18.0 Å². The van der Waals surface area contributed by atoms with Gasteiger partial charge in [-0.1, -0.05) is 30.3 Å². The second kappa shape index (κ2) is 8.93. The van der Waals surface area contributed by atoms with Crippen LogP contribution in [0.15, 0.2) is 59.5 Å². The molecule has 1 unspecified atom stereocenters. The molecule has 0 radical (unpaired) electrons. The third-order valence-electron chi connectivity index (χ3n) is 4.92. The maximum atomic E-state index is 13.0. The molecule has 1 heterocycles. The Morgan fingerprint density at radius 3 is 2.48 bits per heavy atom. The molecule has 1 fully saturated rings. The monoisotopic (exact) mass is 391 g/mol. The Balaban J connectivity index is 1.55. The number of nitrogens with zero attached hydrogens (tertiary/aromatic N) is 2. The van der Waals surface area contributed by atoms with E-state index in [1.54, 1.807) is 0 Å². The van der Waals surface area contributed by atoms with Crippen molar-refractivity contribution in [3.63, 3.8) is 0 Å². The van der Waals surface area contributed by atoms with E-state index in [4.69, 9.17) is 0 Å². The Bertz CT molecular complexity index is 828. The molecule has 0 spiro atoms. The minimum Gasteiger partial charge on any atom is -0.303 e. The topological polar surface area (TPSA) is 52.6 Å². The van der Waals surface area contributed by atoms with Crippen LogP contribution in [0, 0.1) is 5.82 Å². The molecule has 0 aromatic heterocycles. The average Bonchev–Trinajstić information content (AvgIpc) is 2.67. The zero-order chi connectivity index (χ0) is 19.3. The Morgan fingerprint density at radius 2 is 1.78 bits per heavy atom. The largest absolute Gasteiger partial charge is 0.303 e. The van der Waals surface area contributed by atoms with Crippen molar-refractivity contribution in [1.29, 1.82) is 0 Å². The predicted molar refractivity (Wildman–Crippen MR) is 104 cm³/mol. The van der Waals surface area contributed by atoms with Crippen molar-refractivity contribution in [3.05, 3.63) is 66.0 Å². The van der Waals surface area contributed by atoms with Crippen molar-refractivity contribution >= 4 is 10.0 Å². The number of hydrogen-bond acceptors (Lipinski definition) is 4. The van der Waals surface area contributed by atoms with Crippen LogP contribution < -0.4 is 4.72 Å². The second-order valence-corrected chi connectivity index (χ2v) is 8.70. The number of sulfonamides is 1. The lowest BCUT2D eigenvalue weighted by atomic mass is 10.0. The van der Waals surface area contributed by atoms with Crippen molar-refractivity contribution < 1.29 is 12.8 Å². The van der Waals surface area contributed by atoms with Crippen molar-refractivity contribution in [2.75, 3.05) is 39.8 Å². The Kier molecular flexibility index (Phi) is 6.59. The van der Waals surface area contributed by atoms with Gasteiger partial charge in [0.05, 0.1) is 4.90 Å². The summed E-state index contributed by atoms with van der Waals surface area (Å²) < 4.78 is 40.1. The summed E-state index contributed by atoms with van der Waals surface area (Å²) >= 11 is 0. The van der Waals surface area contributed by atoms with E-state index in [2.05, 4.69) is 45.8 Å². The molecule has 0 saturated carbocycles. The van der Waals surface area contributed by atoms with Gasteiger partial charge in [0.1, 0.15) is 5.82 Å². The van der Waals surface area contributed by atoms with E-state index in [0.717, 1.165) is 38.3 Å². The maximum Gasteiger partial charge on any atom is 0.240 e. The van der Waals surface area contributed by atoms with Crippen LogP contribution >= 0.6 is 0 Å². The van der Waals surface area contributed by atoms with Gasteiger partial charge < -0.3 is 4.90 Å². The van der Waals surface area contributed by atoms with Gasteiger partial charge in [-0.05, 0) is 43.3 Å². The number of benzene rings is 2. The van der Waals surface area contributed by atoms with Crippen LogP contribution in [0.4, 0.5) is 4.39 Å². The van der Waals surface area contributed by atoms with Gasteiger partial charge in [-0.3, -0.25) is 4.90 Å². The van der Waals surface area contributed by atoms with Gasteiger partial charge in [-0.2, -0.15) is 0 Å². The third kappa shape index (κ3) is 5.35. The fraction of sp³-hybridized carbons (Fsp3) is 0.400. The number of nitrogens with one attached hydrogen (secondary N) is 1. The van der Waals surface area contributed by atoms with Crippen molar-refractivity contribution in [2.45, 2.75) is 17.4 Å². The summed E-state index contributed by atoms with van der Waals surface area (Å²) in [7, 11) is -1.47. The highest BCUT2D eigenvalue weighted by Gasteiger charge is 2.26. The molecule has 1 saturated heterocycles. The Morgan fingerprint density at radius 1 is 1.07 bits per heavy atom. The van der Waals surface area contributed by atoms with E-state index in [0.29, 0.717) is 19.0 Å². The lowest BCUT2D eigenvalue weighted by molar-refractivity contribution is 0.0892. The van der Waals surface area contributed by atoms with Crippen LogP contribution in [0.2, 0.25) is 0 Å².